The maximum atomic E-state index is 13.1. The van der Waals surface area contributed by atoms with Gasteiger partial charge >= 0.3 is 0 Å². The summed E-state index contributed by atoms with van der Waals surface area (Å²) in [5, 5.41) is 3.70. The number of rotatable bonds is 5. The second kappa shape index (κ2) is 8.08. The molecule has 0 aliphatic rings. The molecule has 4 rings (SSSR count). The van der Waals surface area contributed by atoms with Crippen molar-refractivity contribution in [2.75, 3.05) is 11.9 Å². The van der Waals surface area contributed by atoms with E-state index in [-0.39, 0.29) is 23.5 Å². The van der Waals surface area contributed by atoms with Crippen LogP contribution in [-0.4, -0.2) is 12.5 Å². The van der Waals surface area contributed by atoms with Crippen molar-refractivity contribution < 1.29 is 18.4 Å². The van der Waals surface area contributed by atoms with Gasteiger partial charge in [-0.15, -0.1) is 0 Å². The standard InChI is InChI=1S/C23H18ClNO5/c1-13-5-8-18-16(10-13)21(27)23(22(30-18)19-4-3-9-28-19)29-12-20(26)25-17-7-6-15(24)11-14(17)2/h3-11H,12H2,1-2H3,(H,25,26). The molecule has 0 spiro atoms. The highest BCUT2D eigenvalue weighted by atomic mass is 35.5. The zero-order chi connectivity index (χ0) is 21.3. The highest BCUT2D eigenvalue weighted by Crippen LogP contribution is 2.31. The molecule has 0 fully saturated rings. The number of furan rings is 1. The van der Waals surface area contributed by atoms with Gasteiger partial charge in [-0.25, -0.2) is 0 Å². The monoisotopic (exact) mass is 423 g/mol. The summed E-state index contributed by atoms with van der Waals surface area (Å²) < 4.78 is 16.9. The summed E-state index contributed by atoms with van der Waals surface area (Å²) in [6.45, 7) is 3.33. The van der Waals surface area contributed by atoms with Gasteiger partial charge in [-0.3, -0.25) is 9.59 Å². The second-order valence-corrected chi connectivity index (χ2v) is 7.30. The Morgan fingerprint density at radius 1 is 1.13 bits per heavy atom. The highest BCUT2D eigenvalue weighted by molar-refractivity contribution is 6.30. The first-order valence-electron chi connectivity index (χ1n) is 9.22. The molecule has 1 amide bonds. The van der Waals surface area contributed by atoms with Gasteiger partial charge in [0.1, 0.15) is 5.58 Å². The SMILES string of the molecule is Cc1ccc2oc(-c3ccco3)c(OCC(=O)Nc3ccc(Cl)cc3C)c(=O)c2c1. The van der Waals surface area contributed by atoms with Crippen LogP contribution in [-0.2, 0) is 4.79 Å². The fourth-order valence-electron chi connectivity index (χ4n) is 3.08. The predicted molar refractivity (Wildman–Crippen MR) is 115 cm³/mol. The minimum atomic E-state index is -0.422. The van der Waals surface area contributed by atoms with Gasteiger partial charge in [-0.1, -0.05) is 23.2 Å². The number of hydrogen-bond donors (Lipinski definition) is 1. The molecule has 6 nitrogen and oxygen atoms in total. The van der Waals surface area contributed by atoms with E-state index in [9.17, 15) is 9.59 Å². The second-order valence-electron chi connectivity index (χ2n) is 6.86. The first-order chi connectivity index (χ1) is 14.4. The summed E-state index contributed by atoms with van der Waals surface area (Å²) in [6.07, 6.45) is 1.47. The topological polar surface area (TPSA) is 81.7 Å². The van der Waals surface area contributed by atoms with Crippen molar-refractivity contribution in [3.05, 3.63) is 81.2 Å². The number of aryl methyl sites for hydroxylation is 2. The summed E-state index contributed by atoms with van der Waals surface area (Å²) in [6, 6.07) is 13.7. The number of nitrogens with one attached hydrogen (secondary N) is 1. The molecule has 1 N–H and O–H groups in total. The fourth-order valence-corrected chi connectivity index (χ4v) is 3.31. The lowest BCUT2D eigenvalue weighted by Crippen LogP contribution is -2.23. The molecule has 0 aliphatic carbocycles. The molecule has 0 bridgehead atoms. The number of benzene rings is 2. The van der Waals surface area contributed by atoms with E-state index in [4.69, 9.17) is 25.2 Å². The summed E-state index contributed by atoms with van der Waals surface area (Å²) in [7, 11) is 0. The molecule has 4 aromatic rings. The average molecular weight is 424 g/mol. The van der Waals surface area contributed by atoms with Crippen LogP contribution in [0.5, 0.6) is 5.75 Å². The lowest BCUT2D eigenvalue weighted by Gasteiger charge is -2.12. The Hall–Kier alpha value is -3.51. The highest BCUT2D eigenvalue weighted by Gasteiger charge is 2.21. The van der Waals surface area contributed by atoms with Gasteiger partial charge in [-0.05, 0) is 61.9 Å². The minimum Gasteiger partial charge on any atom is -0.476 e. The molecule has 0 radical (unpaired) electrons. The first kappa shape index (κ1) is 19.8. The van der Waals surface area contributed by atoms with Crippen LogP contribution in [0, 0.1) is 13.8 Å². The van der Waals surface area contributed by atoms with E-state index in [1.54, 1.807) is 42.5 Å². The van der Waals surface area contributed by atoms with Gasteiger partial charge in [0.05, 0.1) is 11.6 Å². The lowest BCUT2D eigenvalue weighted by molar-refractivity contribution is -0.118. The molecule has 0 aliphatic heterocycles. The normalized spacial score (nSPS) is 10.9. The third-order valence-corrected chi connectivity index (χ3v) is 4.79. The van der Waals surface area contributed by atoms with Gasteiger partial charge in [0.25, 0.3) is 5.91 Å². The molecule has 0 saturated carbocycles. The summed E-state index contributed by atoms with van der Waals surface area (Å²) in [5.74, 6) is -0.0315. The number of carbonyl (C=O) groups is 1. The Labute approximate surface area is 177 Å². The van der Waals surface area contributed by atoms with Crippen molar-refractivity contribution in [2.45, 2.75) is 13.8 Å². The number of ether oxygens (including phenoxy) is 1. The Bertz CT molecular complexity index is 1290. The number of carbonyl (C=O) groups excluding carboxylic acids is 1. The Morgan fingerprint density at radius 2 is 1.97 bits per heavy atom. The number of fused-ring (bicyclic) bond motifs is 1. The molecule has 7 heteroatoms. The third-order valence-electron chi connectivity index (χ3n) is 4.56. The van der Waals surface area contributed by atoms with E-state index in [2.05, 4.69) is 5.32 Å². The van der Waals surface area contributed by atoms with Crippen LogP contribution in [0.25, 0.3) is 22.5 Å². The van der Waals surface area contributed by atoms with E-state index in [1.165, 1.54) is 6.26 Å². The average Bonchev–Trinajstić information content (AvgIpc) is 3.24. The quantitative estimate of drug-likeness (QED) is 0.468. The molecule has 2 heterocycles. The Morgan fingerprint density at radius 3 is 2.70 bits per heavy atom. The molecule has 0 unspecified atom stereocenters. The van der Waals surface area contributed by atoms with Crippen LogP contribution in [0.4, 0.5) is 5.69 Å². The van der Waals surface area contributed by atoms with Gasteiger partial charge < -0.3 is 18.9 Å². The minimum absolute atomic E-state index is 0.0778. The lowest BCUT2D eigenvalue weighted by atomic mass is 10.1. The van der Waals surface area contributed by atoms with E-state index < -0.39 is 5.91 Å². The van der Waals surface area contributed by atoms with Crippen molar-refractivity contribution in [2.24, 2.45) is 0 Å². The largest absolute Gasteiger partial charge is 0.476 e. The first-order valence-corrected chi connectivity index (χ1v) is 9.60. The van der Waals surface area contributed by atoms with E-state index in [0.717, 1.165) is 11.1 Å². The van der Waals surface area contributed by atoms with Crippen molar-refractivity contribution in [3.63, 3.8) is 0 Å². The molecule has 152 valence electrons. The molecular formula is C23H18ClNO5. The van der Waals surface area contributed by atoms with Gasteiger partial charge in [0.15, 0.2) is 12.4 Å². The number of anilines is 1. The molecule has 2 aromatic carbocycles. The Balaban J connectivity index is 1.65. The van der Waals surface area contributed by atoms with Crippen molar-refractivity contribution in [1.82, 2.24) is 0 Å². The molecular weight excluding hydrogens is 406 g/mol. The zero-order valence-corrected chi connectivity index (χ0v) is 17.1. The summed E-state index contributed by atoms with van der Waals surface area (Å²) in [5.41, 5.74) is 2.36. The predicted octanol–water partition coefficient (Wildman–Crippen LogP) is 5.34. The molecule has 0 saturated heterocycles. The molecule has 30 heavy (non-hydrogen) atoms. The fraction of sp³-hybridized carbons (Fsp3) is 0.130. The molecule has 0 atom stereocenters. The Kier molecular flexibility index (Phi) is 5.33. The number of halogens is 1. The van der Waals surface area contributed by atoms with Crippen molar-refractivity contribution in [1.29, 1.82) is 0 Å². The van der Waals surface area contributed by atoms with E-state index in [1.807, 2.05) is 19.9 Å². The van der Waals surface area contributed by atoms with E-state index in [0.29, 0.717) is 27.4 Å². The summed E-state index contributed by atoms with van der Waals surface area (Å²) >= 11 is 5.95. The number of hydrogen-bond acceptors (Lipinski definition) is 5. The smallest absolute Gasteiger partial charge is 0.262 e. The van der Waals surface area contributed by atoms with Crippen molar-refractivity contribution in [3.8, 4) is 17.3 Å². The van der Waals surface area contributed by atoms with Crippen LogP contribution >= 0.6 is 11.6 Å². The maximum absolute atomic E-state index is 13.1. The zero-order valence-electron chi connectivity index (χ0n) is 16.3. The van der Waals surface area contributed by atoms with Crippen LogP contribution in [0.2, 0.25) is 5.02 Å². The van der Waals surface area contributed by atoms with Crippen LogP contribution in [0.3, 0.4) is 0 Å². The van der Waals surface area contributed by atoms with Gasteiger partial charge in [0.2, 0.25) is 16.9 Å². The van der Waals surface area contributed by atoms with Gasteiger partial charge in [0, 0.05) is 10.7 Å². The van der Waals surface area contributed by atoms with Crippen LogP contribution < -0.4 is 15.5 Å². The van der Waals surface area contributed by atoms with Crippen LogP contribution in [0.15, 0.2) is 68.4 Å². The maximum Gasteiger partial charge on any atom is 0.262 e. The van der Waals surface area contributed by atoms with Crippen LogP contribution in [0.1, 0.15) is 11.1 Å². The van der Waals surface area contributed by atoms with Gasteiger partial charge in [-0.2, -0.15) is 0 Å². The number of amides is 1. The summed E-state index contributed by atoms with van der Waals surface area (Å²) in [4.78, 5) is 25.5. The van der Waals surface area contributed by atoms with Crippen molar-refractivity contribution >= 4 is 34.2 Å². The van der Waals surface area contributed by atoms with E-state index >= 15 is 0 Å². The third kappa shape index (κ3) is 3.95. The molecule has 2 aromatic heterocycles.